The lowest BCUT2D eigenvalue weighted by atomic mass is 9.87. The summed E-state index contributed by atoms with van der Waals surface area (Å²) in [6, 6.07) is 5.41. The first-order chi connectivity index (χ1) is 16.8. The third kappa shape index (κ3) is 5.86. The molecule has 2 aromatic heterocycles. The molecule has 0 bridgehead atoms. The molecule has 1 aliphatic rings. The highest BCUT2D eigenvalue weighted by atomic mass is 19.2. The zero-order valence-electron chi connectivity index (χ0n) is 18.4. The van der Waals surface area contributed by atoms with Gasteiger partial charge in [0.1, 0.15) is 6.10 Å². The van der Waals surface area contributed by atoms with Gasteiger partial charge in [0.15, 0.2) is 11.6 Å². The van der Waals surface area contributed by atoms with E-state index in [1.54, 1.807) is 0 Å². The zero-order valence-corrected chi connectivity index (χ0v) is 18.4. The summed E-state index contributed by atoms with van der Waals surface area (Å²) >= 11 is 0. The van der Waals surface area contributed by atoms with Gasteiger partial charge in [-0.3, -0.25) is 9.59 Å². The summed E-state index contributed by atoms with van der Waals surface area (Å²) in [7, 11) is 1.35. The molecule has 2 heterocycles. The second-order valence-corrected chi connectivity index (χ2v) is 7.72. The van der Waals surface area contributed by atoms with Crippen LogP contribution in [0.5, 0.6) is 5.88 Å². The minimum absolute atomic E-state index is 0.0397. The monoisotopic (exact) mass is 491 g/mol. The highest BCUT2D eigenvalue weighted by Crippen LogP contribution is 2.28. The van der Waals surface area contributed by atoms with Crippen LogP contribution in [-0.4, -0.2) is 40.3 Å². The molecule has 1 amide bonds. The number of aromatic nitrogens is 3. The number of nitrogens with zero attached hydrogens (tertiary/aromatic N) is 3. The minimum atomic E-state index is -1.09. The van der Waals surface area contributed by atoms with Crippen molar-refractivity contribution in [1.82, 2.24) is 15.2 Å². The van der Waals surface area contributed by atoms with Crippen molar-refractivity contribution in [3.05, 3.63) is 53.8 Å². The highest BCUT2D eigenvalue weighted by Gasteiger charge is 2.28. The summed E-state index contributed by atoms with van der Waals surface area (Å²) in [6.45, 7) is 0. The largest absolute Gasteiger partial charge is 0.474 e. The molecular formula is C22H20F3N5O5. The lowest BCUT2D eigenvalue weighted by Gasteiger charge is -2.27. The first kappa shape index (κ1) is 24.0. The lowest BCUT2D eigenvalue weighted by molar-refractivity contribution is -0.147. The van der Waals surface area contributed by atoms with E-state index in [0.717, 1.165) is 12.1 Å². The molecule has 0 atom stereocenters. The van der Waals surface area contributed by atoms with Crippen molar-refractivity contribution >= 4 is 29.3 Å². The molecule has 0 spiro atoms. The van der Waals surface area contributed by atoms with Crippen LogP contribution in [0.2, 0.25) is 0 Å². The Bertz CT molecular complexity index is 1230. The van der Waals surface area contributed by atoms with Crippen LogP contribution in [0, 0.1) is 23.5 Å². The van der Waals surface area contributed by atoms with Crippen LogP contribution >= 0.6 is 0 Å². The van der Waals surface area contributed by atoms with E-state index in [4.69, 9.17) is 13.9 Å². The maximum atomic E-state index is 14.4. The molecule has 2 N–H and O–H groups in total. The summed E-state index contributed by atoms with van der Waals surface area (Å²) in [5.41, 5.74) is -0.130. The van der Waals surface area contributed by atoms with Gasteiger partial charge in [0, 0.05) is 17.8 Å². The molecule has 0 saturated heterocycles. The molecule has 184 valence electrons. The van der Waals surface area contributed by atoms with E-state index in [-0.39, 0.29) is 41.3 Å². The molecule has 1 fully saturated rings. The number of halogens is 3. The van der Waals surface area contributed by atoms with Crippen LogP contribution in [0.25, 0.3) is 0 Å². The smallest absolute Gasteiger partial charge is 0.320 e. The Kier molecular flexibility index (Phi) is 7.13. The van der Waals surface area contributed by atoms with Gasteiger partial charge in [-0.1, -0.05) is 5.10 Å². The molecule has 35 heavy (non-hydrogen) atoms. The van der Waals surface area contributed by atoms with Crippen molar-refractivity contribution in [2.24, 2.45) is 5.92 Å². The Balaban J connectivity index is 1.33. The average Bonchev–Trinajstić information content (AvgIpc) is 3.32. The summed E-state index contributed by atoms with van der Waals surface area (Å²) in [6.07, 6.45) is 2.18. The van der Waals surface area contributed by atoms with Gasteiger partial charge in [0.05, 0.1) is 18.7 Å². The molecular weight excluding hydrogens is 471 g/mol. The van der Waals surface area contributed by atoms with Crippen LogP contribution in [0.15, 0.2) is 34.7 Å². The van der Waals surface area contributed by atoms with Crippen molar-refractivity contribution in [3.8, 4) is 5.88 Å². The first-order valence-corrected chi connectivity index (χ1v) is 10.6. The summed E-state index contributed by atoms with van der Waals surface area (Å²) in [5, 5.41) is 11.9. The van der Waals surface area contributed by atoms with E-state index in [2.05, 4.69) is 25.8 Å². The molecule has 13 heteroatoms. The topological polar surface area (TPSA) is 128 Å². The van der Waals surface area contributed by atoms with Gasteiger partial charge in [0.25, 0.3) is 0 Å². The van der Waals surface area contributed by atoms with Gasteiger partial charge in [-0.05, 0) is 43.9 Å². The normalized spacial score (nSPS) is 17.5. The number of carbonyl (C=O) groups is 2. The number of benzene rings is 1. The number of ether oxygens (including phenoxy) is 2. The average molecular weight is 491 g/mol. The maximum absolute atomic E-state index is 14.4. The van der Waals surface area contributed by atoms with Crippen LogP contribution in [0.3, 0.4) is 0 Å². The fourth-order valence-corrected chi connectivity index (χ4v) is 3.57. The van der Waals surface area contributed by atoms with Crippen molar-refractivity contribution in [1.29, 1.82) is 0 Å². The molecule has 1 aromatic carbocycles. The molecule has 0 radical (unpaired) electrons. The third-order valence-corrected chi connectivity index (χ3v) is 5.36. The quantitative estimate of drug-likeness (QED) is 0.372. The van der Waals surface area contributed by atoms with E-state index in [1.165, 1.54) is 25.3 Å². The van der Waals surface area contributed by atoms with Gasteiger partial charge in [-0.25, -0.2) is 8.78 Å². The number of hydrogen-bond donors (Lipinski definition) is 2. The van der Waals surface area contributed by atoms with E-state index >= 15 is 0 Å². The number of hydrogen-bond acceptors (Lipinski definition) is 9. The molecule has 0 unspecified atom stereocenters. The zero-order chi connectivity index (χ0) is 24.9. The number of esters is 1. The van der Waals surface area contributed by atoms with E-state index in [9.17, 15) is 22.8 Å². The summed E-state index contributed by atoms with van der Waals surface area (Å²) in [5.74, 6) is -4.89. The van der Waals surface area contributed by atoms with Crippen molar-refractivity contribution in [2.45, 2.75) is 31.8 Å². The predicted molar refractivity (Wildman–Crippen MR) is 114 cm³/mol. The van der Waals surface area contributed by atoms with Crippen LogP contribution in [0.1, 0.15) is 36.4 Å². The lowest BCUT2D eigenvalue weighted by Crippen LogP contribution is -2.28. The Morgan fingerprint density at radius 1 is 1.03 bits per heavy atom. The maximum Gasteiger partial charge on any atom is 0.320 e. The fourth-order valence-electron chi connectivity index (χ4n) is 3.57. The van der Waals surface area contributed by atoms with Gasteiger partial charge in [0.2, 0.25) is 11.8 Å². The van der Waals surface area contributed by atoms with Crippen LogP contribution in [-0.2, 0) is 9.53 Å². The molecule has 1 saturated carbocycles. The van der Waals surface area contributed by atoms with Crippen LogP contribution < -0.4 is 15.4 Å². The highest BCUT2D eigenvalue weighted by molar-refractivity contribution is 6.00. The predicted octanol–water partition coefficient (Wildman–Crippen LogP) is 3.99. The molecule has 4 rings (SSSR count). The molecule has 0 aliphatic heterocycles. The number of amides is 1. The van der Waals surface area contributed by atoms with Crippen LogP contribution in [0.4, 0.5) is 30.6 Å². The van der Waals surface area contributed by atoms with Crippen molar-refractivity contribution in [2.75, 3.05) is 17.7 Å². The molecule has 1 aliphatic carbocycles. The summed E-state index contributed by atoms with van der Waals surface area (Å²) < 4.78 is 56.3. The van der Waals surface area contributed by atoms with Gasteiger partial charge >= 0.3 is 23.8 Å². The number of pyridine rings is 1. The van der Waals surface area contributed by atoms with E-state index in [0.29, 0.717) is 25.7 Å². The minimum Gasteiger partial charge on any atom is -0.474 e. The summed E-state index contributed by atoms with van der Waals surface area (Å²) in [4.78, 5) is 27.7. The fraction of sp³-hybridized carbons (Fsp3) is 0.318. The standard InChI is InChI=1S/C22H20F3N5O5/c1-33-21(32)11-2-5-13(6-3-11)34-17-9-8-16(18(25)28-17)27-19(31)20-29-30-22(35-20)26-12-4-7-14(23)15(24)10-12/h4,7-11,13H,2-3,5-6H2,1H3,(H,26,30)(H,27,31)/t11-,13-. The molecule has 10 nitrogen and oxygen atoms in total. The number of methoxy groups -OCH3 is 1. The van der Waals surface area contributed by atoms with Crippen molar-refractivity contribution in [3.63, 3.8) is 0 Å². The van der Waals surface area contributed by atoms with Gasteiger partial charge in [-0.15, -0.1) is 5.10 Å². The SMILES string of the molecule is COC(=O)[C@H]1CC[C@H](Oc2ccc(NC(=O)c3nnc(Nc4ccc(F)c(F)c4)o3)c(F)n2)CC1. The van der Waals surface area contributed by atoms with Gasteiger partial charge < -0.3 is 24.5 Å². The van der Waals surface area contributed by atoms with Gasteiger partial charge in [-0.2, -0.15) is 9.37 Å². The van der Waals surface area contributed by atoms with E-state index < -0.39 is 29.4 Å². The Morgan fingerprint density at radius 3 is 2.49 bits per heavy atom. The van der Waals surface area contributed by atoms with Crippen molar-refractivity contribution < 1.29 is 36.7 Å². The Labute approximate surface area is 196 Å². The first-order valence-electron chi connectivity index (χ1n) is 10.6. The number of nitrogens with one attached hydrogen (secondary N) is 2. The second-order valence-electron chi connectivity index (χ2n) is 7.72. The van der Waals surface area contributed by atoms with E-state index in [1.807, 2.05) is 0 Å². The number of anilines is 3. The third-order valence-electron chi connectivity index (χ3n) is 5.36. The molecule has 3 aromatic rings. The number of carbonyl (C=O) groups excluding carboxylic acids is 2. The number of rotatable bonds is 7. The second kappa shape index (κ2) is 10.4. The Hall–Kier alpha value is -4.16. The Morgan fingerprint density at radius 2 is 1.80 bits per heavy atom.